The van der Waals surface area contributed by atoms with Gasteiger partial charge in [-0.25, -0.2) is 13.2 Å². The average molecular weight is 324 g/mol. The van der Waals surface area contributed by atoms with Gasteiger partial charge < -0.3 is 19.1 Å². The number of rotatable bonds is 8. The topological polar surface area (TPSA) is 85.4 Å². The summed E-state index contributed by atoms with van der Waals surface area (Å²) >= 11 is 0. The van der Waals surface area contributed by atoms with E-state index in [2.05, 4.69) is 0 Å². The molecule has 0 spiro atoms. The molecule has 1 heterocycles. The minimum Gasteiger partial charge on any atom is -0.450 e. The molecule has 0 saturated carbocycles. The maximum Gasteiger partial charge on any atom is 0.409 e. The Kier molecular flexibility index (Phi) is 7.94. The van der Waals surface area contributed by atoms with E-state index in [1.165, 1.54) is 9.21 Å². The van der Waals surface area contributed by atoms with Crippen LogP contribution in [0.15, 0.2) is 0 Å². The molecule has 1 aliphatic rings. The number of methoxy groups -OCH3 is 1. The number of nitrogens with zero attached hydrogens (tertiary/aromatic N) is 2. The smallest absolute Gasteiger partial charge is 0.409 e. The number of hydrogen-bond donors (Lipinski definition) is 0. The summed E-state index contributed by atoms with van der Waals surface area (Å²) in [4.78, 5) is 13.0. The zero-order valence-electron chi connectivity index (χ0n) is 12.6. The number of carbonyl (C=O) groups is 1. The third-order valence-electron chi connectivity index (χ3n) is 3.08. The first-order valence-corrected chi connectivity index (χ1v) is 8.58. The zero-order chi connectivity index (χ0) is 15.7. The fraction of sp³-hybridized carbons (Fsp3) is 0.917. The Morgan fingerprint density at radius 2 is 1.76 bits per heavy atom. The van der Waals surface area contributed by atoms with Gasteiger partial charge in [-0.15, -0.1) is 0 Å². The Morgan fingerprint density at radius 3 is 2.33 bits per heavy atom. The van der Waals surface area contributed by atoms with Crippen molar-refractivity contribution in [2.24, 2.45) is 0 Å². The second-order valence-corrected chi connectivity index (χ2v) is 6.59. The van der Waals surface area contributed by atoms with Gasteiger partial charge in [0.1, 0.15) is 0 Å². The van der Waals surface area contributed by atoms with Crippen molar-refractivity contribution in [2.75, 3.05) is 65.5 Å². The molecule has 8 nitrogen and oxygen atoms in total. The lowest BCUT2D eigenvalue weighted by atomic mass is 10.4. The van der Waals surface area contributed by atoms with E-state index in [9.17, 15) is 13.2 Å². The Hall–Kier alpha value is -0.900. The van der Waals surface area contributed by atoms with E-state index in [0.29, 0.717) is 46.0 Å². The molecule has 0 aromatic heterocycles. The minimum absolute atomic E-state index is 0.0594. The van der Waals surface area contributed by atoms with E-state index in [0.717, 1.165) is 0 Å². The van der Waals surface area contributed by atoms with Crippen LogP contribution in [0.3, 0.4) is 0 Å². The molecule has 1 amide bonds. The molecule has 124 valence electrons. The maximum atomic E-state index is 12.1. The molecule has 21 heavy (non-hydrogen) atoms. The fourth-order valence-corrected chi connectivity index (χ4v) is 3.21. The lowest BCUT2D eigenvalue weighted by molar-refractivity contribution is 0.0775. The molecule has 0 N–H and O–H groups in total. The van der Waals surface area contributed by atoms with Crippen LogP contribution in [0.2, 0.25) is 0 Å². The highest BCUT2D eigenvalue weighted by molar-refractivity contribution is 7.89. The number of ether oxygens (including phenoxy) is 3. The summed E-state index contributed by atoms with van der Waals surface area (Å²) in [6, 6.07) is 0. The molecule has 0 bridgehead atoms. The summed E-state index contributed by atoms with van der Waals surface area (Å²) in [5.74, 6) is -0.0594. The van der Waals surface area contributed by atoms with Gasteiger partial charge in [0.15, 0.2) is 0 Å². The van der Waals surface area contributed by atoms with E-state index in [1.54, 1.807) is 14.0 Å². The molecule has 0 unspecified atom stereocenters. The van der Waals surface area contributed by atoms with Crippen molar-refractivity contribution in [2.45, 2.75) is 6.92 Å². The Morgan fingerprint density at radius 1 is 1.10 bits per heavy atom. The summed E-state index contributed by atoms with van der Waals surface area (Å²) < 4.78 is 40.5. The maximum absolute atomic E-state index is 12.1. The van der Waals surface area contributed by atoms with Crippen LogP contribution in [0.5, 0.6) is 0 Å². The molecule has 1 rings (SSSR count). The average Bonchev–Trinajstić information content (AvgIpc) is 2.47. The molecule has 0 radical (unpaired) electrons. The summed E-state index contributed by atoms with van der Waals surface area (Å²) in [5.41, 5.74) is 0. The van der Waals surface area contributed by atoms with Crippen LogP contribution in [0, 0.1) is 0 Å². The lowest BCUT2D eigenvalue weighted by Gasteiger charge is -2.33. The SMILES string of the molecule is CCOC(=O)N1CCN(S(=O)(=O)CCOCCOC)CC1. The third kappa shape index (κ3) is 6.16. The first-order chi connectivity index (χ1) is 10.0. The predicted molar refractivity (Wildman–Crippen MR) is 76.6 cm³/mol. The molecule has 1 fully saturated rings. The van der Waals surface area contributed by atoms with Crippen LogP contribution in [0.25, 0.3) is 0 Å². The standard InChI is InChI=1S/C12H24N2O6S/c1-3-20-12(15)13-4-6-14(7-5-13)21(16,17)11-10-19-9-8-18-2/h3-11H2,1-2H3. The van der Waals surface area contributed by atoms with Gasteiger partial charge in [-0.2, -0.15) is 4.31 Å². The van der Waals surface area contributed by atoms with Crippen LogP contribution >= 0.6 is 0 Å². The molecule has 9 heteroatoms. The van der Waals surface area contributed by atoms with Crippen LogP contribution < -0.4 is 0 Å². The van der Waals surface area contributed by atoms with Crippen molar-refractivity contribution in [1.82, 2.24) is 9.21 Å². The van der Waals surface area contributed by atoms with Crippen molar-refractivity contribution >= 4 is 16.1 Å². The van der Waals surface area contributed by atoms with Gasteiger partial charge in [-0.05, 0) is 6.92 Å². The Balaban J connectivity index is 2.33. The van der Waals surface area contributed by atoms with Crippen molar-refractivity contribution in [1.29, 1.82) is 0 Å². The van der Waals surface area contributed by atoms with Crippen molar-refractivity contribution in [3.05, 3.63) is 0 Å². The summed E-state index contributed by atoms with van der Waals surface area (Å²) in [7, 11) is -1.78. The largest absolute Gasteiger partial charge is 0.450 e. The first kappa shape index (κ1) is 18.1. The molecule has 1 saturated heterocycles. The van der Waals surface area contributed by atoms with Crippen molar-refractivity contribution in [3.63, 3.8) is 0 Å². The second kappa shape index (κ2) is 9.19. The number of hydrogen-bond acceptors (Lipinski definition) is 6. The van der Waals surface area contributed by atoms with E-state index >= 15 is 0 Å². The predicted octanol–water partition coefficient (Wildman–Crippen LogP) is -0.247. The molecule has 0 aromatic rings. The summed E-state index contributed by atoms with van der Waals surface area (Å²) in [5, 5.41) is 0. The summed E-state index contributed by atoms with van der Waals surface area (Å²) in [6.07, 6.45) is -0.391. The number of piperazine rings is 1. The van der Waals surface area contributed by atoms with Gasteiger partial charge >= 0.3 is 6.09 Å². The molecular formula is C12H24N2O6S. The molecular weight excluding hydrogens is 300 g/mol. The van der Waals surface area contributed by atoms with E-state index < -0.39 is 16.1 Å². The van der Waals surface area contributed by atoms with Crippen molar-refractivity contribution < 1.29 is 27.4 Å². The number of amides is 1. The van der Waals surface area contributed by atoms with Crippen LogP contribution in [0.1, 0.15) is 6.92 Å². The summed E-state index contributed by atoms with van der Waals surface area (Å²) in [6.45, 7) is 4.30. The number of sulfonamides is 1. The fourth-order valence-electron chi connectivity index (χ4n) is 1.90. The van der Waals surface area contributed by atoms with Gasteiger partial charge in [0, 0.05) is 33.3 Å². The third-order valence-corrected chi connectivity index (χ3v) is 4.91. The highest BCUT2D eigenvalue weighted by atomic mass is 32.2. The molecule has 0 atom stereocenters. The first-order valence-electron chi connectivity index (χ1n) is 6.97. The zero-order valence-corrected chi connectivity index (χ0v) is 13.4. The van der Waals surface area contributed by atoms with Crippen molar-refractivity contribution in [3.8, 4) is 0 Å². The molecule has 0 aromatic carbocycles. The Bertz CT molecular complexity index is 406. The monoisotopic (exact) mass is 324 g/mol. The molecule has 1 aliphatic heterocycles. The van der Waals surface area contributed by atoms with Gasteiger partial charge in [0.2, 0.25) is 10.0 Å². The van der Waals surface area contributed by atoms with E-state index in [-0.39, 0.29) is 12.4 Å². The number of carbonyl (C=O) groups excluding carboxylic acids is 1. The minimum atomic E-state index is -3.34. The van der Waals surface area contributed by atoms with E-state index in [4.69, 9.17) is 14.2 Å². The van der Waals surface area contributed by atoms with E-state index in [1.807, 2.05) is 0 Å². The van der Waals surface area contributed by atoms with Crippen LogP contribution in [-0.4, -0.2) is 89.2 Å². The normalized spacial score (nSPS) is 17.0. The van der Waals surface area contributed by atoms with Gasteiger partial charge in [0.05, 0.1) is 32.2 Å². The van der Waals surface area contributed by atoms with Crippen LogP contribution in [-0.2, 0) is 24.2 Å². The van der Waals surface area contributed by atoms with Crippen LogP contribution in [0.4, 0.5) is 4.79 Å². The Labute approximate surface area is 126 Å². The van der Waals surface area contributed by atoms with Gasteiger partial charge in [0.25, 0.3) is 0 Å². The highest BCUT2D eigenvalue weighted by Gasteiger charge is 2.28. The highest BCUT2D eigenvalue weighted by Crippen LogP contribution is 2.09. The van der Waals surface area contributed by atoms with Gasteiger partial charge in [-0.1, -0.05) is 0 Å². The second-order valence-electron chi connectivity index (χ2n) is 4.51. The quantitative estimate of drug-likeness (QED) is 0.573. The molecule has 0 aliphatic carbocycles. The van der Waals surface area contributed by atoms with Gasteiger partial charge in [-0.3, -0.25) is 0 Å². The lowest BCUT2D eigenvalue weighted by Crippen LogP contribution is -2.51.